The highest BCUT2D eigenvalue weighted by molar-refractivity contribution is 6.30. The van der Waals surface area contributed by atoms with Crippen molar-refractivity contribution in [2.24, 2.45) is 0 Å². The molecule has 0 spiro atoms. The van der Waals surface area contributed by atoms with Crippen molar-refractivity contribution in [2.75, 3.05) is 13.2 Å². The number of nitrogens with one attached hydrogen (secondary N) is 1. The molecule has 0 radical (unpaired) electrons. The van der Waals surface area contributed by atoms with Crippen LogP contribution in [0.1, 0.15) is 27.7 Å². The van der Waals surface area contributed by atoms with Gasteiger partial charge in [-0.1, -0.05) is 11.6 Å². The third-order valence-electron chi connectivity index (χ3n) is 4.49. The van der Waals surface area contributed by atoms with Crippen LogP contribution in [0.4, 0.5) is 0 Å². The number of carbonyl (C=O) groups excluding carboxylic acids is 5. The van der Waals surface area contributed by atoms with E-state index in [9.17, 15) is 24.0 Å². The van der Waals surface area contributed by atoms with Gasteiger partial charge in [0.15, 0.2) is 18.8 Å². The molecule has 2 rings (SSSR count). The quantitative estimate of drug-likeness (QED) is 0.369. The van der Waals surface area contributed by atoms with Crippen LogP contribution in [-0.2, 0) is 47.7 Å². The van der Waals surface area contributed by atoms with Gasteiger partial charge in [-0.2, -0.15) is 0 Å². The van der Waals surface area contributed by atoms with Crippen molar-refractivity contribution in [3.05, 3.63) is 29.3 Å². The smallest absolute Gasteiger partial charge is 0.346 e. The minimum Gasteiger partial charge on any atom is -0.482 e. The first-order valence-electron chi connectivity index (χ1n) is 10.4. The Kier molecular flexibility index (Phi) is 10.3. The van der Waals surface area contributed by atoms with Gasteiger partial charge >= 0.3 is 23.9 Å². The predicted octanol–water partition coefficient (Wildman–Crippen LogP) is 0.918. The molecule has 0 saturated carbocycles. The Balaban J connectivity index is 2.28. The Hall–Kier alpha value is -3.38. The Morgan fingerprint density at radius 2 is 1.49 bits per heavy atom. The first kappa shape index (κ1) is 27.9. The average Bonchev–Trinajstić information content (AvgIpc) is 2.75. The van der Waals surface area contributed by atoms with E-state index in [-0.39, 0.29) is 0 Å². The van der Waals surface area contributed by atoms with Crippen LogP contribution in [0.25, 0.3) is 0 Å². The van der Waals surface area contributed by atoms with E-state index in [0.717, 1.165) is 20.8 Å². The largest absolute Gasteiger partial charge is 0.482 e. The van der Waals surface area contributed by atoms with Crippen molar-refractivity contribution < 1.29 is 52.4 Å². The van der Waals surface area contributed by atoms with E-state index in [1.807, 2.05) is 0 Å². The summed E-state index contributed by atoms with van der Waals surface area (Å²) in [6.07, 6.45) is -5.36. The fourth-order valence-electron chi connectivity index (χ4n) is 3.23. The number of hydrogen-bond acceptors (Lipinski definition) is 11. The molecule has 5 atom stereocenters. The molecule has 1 aromatic rings. The average molecular weight is 516 g/mol. The molecular weight excluding hydrogens is 490 g/mol. The minimum atomic E-state index is -1.52. The zero-order valence-electron chi connectivity index (χ0n) is 19.5. The summed E-state index contributed by atoms with van der Waals surface area (Å²) in [4.78, 5) is 59.3. The lowest BCUT2D eigenvalue weighted by Gasteiger charge is -2.44. The molecule has 1 N–H and O–H groups in total. The summed E-state index contributed by atoms with van der Waals surface area (Å²) in [5.41, 5.74) is 0. The van der Waals surface area contributed by atoms with E-state index < -0.39 is 73.6 Å². The summed E-state index contributed by atoms with van der Waals surface area (Å²) >= 11 is 5.82. The lowest BCUT2D eigenvalue weighted by molar-refractivity contribution is -0.272. The minimum absolute atomic E-state index is 0.342. The Labute approximate surface area is 206 Å². The summed E-state index contributed by atoms with van der Waals surface area (Å²) < 4.78 is 32.0. The van der Waals surface area contributed by atoms with Gasteiger partial charge in [0, 0.05) is 32.7 Å². The van der Waals surface area contributed by atoms with Gasteiger partial charge in [-0.05, 0) is 24.3 Å². The zero-order valence-corrected chi connectivity index (χ0v) is 20.2. The van der Waals surface area contributed by atoms with Gasteiger partial charge in [0.05, 0.1) is 0 Å². The van der Waals surface area contributed by atoms with Crippen LogP contribution in [0.2, 0.25) is 5.02 Å². The SMILES string of the molecule is CC(=O)NC1C(OC(=O)COc2ccc(Cl)cc2)OC(COC(C)=O)C(OC(C)=O)C1OC(C)=O. The van der Waals surface area contributed by atoms with Gasteiger partial charge in [0.1, 0.15) is 24.5 Å². The number of hydrogen-bond donors (Lipinski definition) is 1. The number of ether oxygens (including phenoxy) is 6. The third-order valence-corrected chi connectivity index (χ3v) is 4.74. The molecule has 0 bridgehead atoms. The van der Waals surface area contributed by atoms with E-state index >= 15 is 0 Å². The van der Waals surface area contributed by atoms with Crippen molar-refractivity contribution in [1.82, 2.24) is 5.32 Å². The lowest BCUT2D eigenvalue weighted by atomic mass is 9.96. The maximum Gasteiger partial charge on any atom is 0.346 e. The fraction of sp³-hybridized carbons (Fsp3) is 0.500. The Morgan fingerprint density at radius 3 is 2.03 bits per heavy atom. The number of benzene rings is 1. The van der Waals surface area contributed by atoms with Gasteiger partial charge < -0.3 is 33.7 Å². The van der Waals surface area contributed by atoms with Crippen LogP contribution in [0, 0.1) is 0 Å². The zero-order chi connectivity index (χ0) is 26.1. The van der Waals surface area contributed by atoms with Crippen LogP contribution in [0.3, 0.4) is 0 Å². The second-order valence-electron chi connectivity index (χ2n) is 7.45. The second kappa shape index (κ2) is 12.9. The third kappa shape index (κ3) is 9.06. The number of carbonyl (C=O) groups is 5. The van der Waals surface area contributed by atoms with Crippen LogP contribution in [0.5, 0.6) is 5.75 Å². The van der Waals surface area contributed by atoms with Crippen molar-refractivity contribution >= 4 is 41.4 Å². The molecule has 0 aliphatic carbocycles. The molecule has 1 aliphatic rings. The summed E-state index contributed by atoms with van der Waals surface area (Å²) in [5.74, 6) is -3.31. The number of esters is 4. The molecule has 35 heavy (non-hydrogen) atoms. The number of halogens is 1. The van der Waals surface area contributed by atoms with Crippen molar-refractivity contribution in [1.29, 1.82) is 0 Å². The number of amides is 1. The summed E-state index contributed by atoms with van der Waals surface area (Å²) in [5, 5.41) is 2.97. The molecule has 1 heterocycles. The molecule has 0 aromatic heterocycles. The first-order valence-corrected chi connectivity index (χ1v) is 10.8. The highest BCUT2D eigenvalue weighted by Crippen LogP contribution is 2.28. The summed E-state index contributed by atoms with van der Waals surface area (Å²) in [7, 11) is 0. The standard InChI is InChI=1S/C22H26ClNO11/c1-11(25)24-19-21(33-14(4)28)20(32-13(3)27)17(9-30-12(2)26)34-22(19)35-18(29)10-31-16-7-5-15(23)6-8-16/h5-8,17,19-22H,9-10H2,1-4H3,(H,24,25). The van der Waals surface area contributed by atoms with Crippen molar-refractivity contribution in [2.45, 2.75) is 58.3 Å². The molecule has 5 unspecified atom stereocenters. The van der Waals surface area contributed by atoms with Gasteiger partial charge in [-0.3, -0.25) is 19.2 Å². The van der Waals surface area contributed by atoms with E-state index in [0.29, 0.717) is 10.8 Å². The van der Waals surface area contributed by atoms with Gasteiger partial charge in [0.25, 0.3) is 0 Å². The van der Waals surface area contributed by atoms with E-state index in [1.165, 1.54) is 6.92 Å². The van der Waals surface area contributed by atoms with Gasteiger partial charge in [-0.15, -0.1) is 0 Å². The highest BCUT2D eigenvalue weighted by Gasteiger charge is 2.52. The maximum atomic E-state index is 12.5. The van der Waals surface area contributed by atoms with Crippen LogP contribution in [0.15, 0.2) is 24.3 Å². The first-order chi connectivity index (χ1) is 16.5. The van der Waals surface area contributed by atoms with Crippen molar-refractivity contribution in [3.8, 4) is 5.75 Å². The van der Waals surface area contributed by atoms with E-state index in [2.05, 4.69) is 5.32 Å². The molecule has 192 valence electrons. The molecule has 12 nitrogen and oxygen atoms in total. The molecule has 1 fully saturated rings. The molecule has 1 aliphatic heterocycles. The topological polar surface area (TPSA) is 153 Å². The molecule has 1 aromatic carbocycles. The normalized spacial score (nSPS) is 23.4. The maximum absolute atomic E-state index is 12.5. The fourth-order valence-corrected chi connectivity index (χ4v) is 3.35. The van der Waals surface area contributed by atoms with Gasteiger partial charge in [0.2, 0.25) is 12.2 Å². The predicted molar refractivity (Wildman–Crippen MR) is 117 cm³/mol. The monoisotopic (exact) mass is 515 g/mol. The van der Waals surface area contributed by atoms with Crippen molar-refractivity contribution in [3.63, 3.8) is 0 Å². The summed E-state index contributed by atoms with van der Waals surface area (Å²) in [6.45, 7) is 3.59. The molecule has 1 saturated heterocycles. The van der Waals surface area contributed by atoms with Crippen LogP contribution < -0.4 is 10.1 Å². The lowest BCUT2D eigenvalue weighted by Crippen LogP contribution is -2.66. The Bertz CT molecular complexity index is 936. The van der Waals surface area contributed by atoms with Gasteiger partial charge in [-0.25, -0.2) is 4.79 Å². The molecule has 1 amide bonds. The molecular formula is C22H26ClNO11. The van der Waals surface area contributed by atoms with E-state index in [4.69, 9.17) is 40.0 Å². The number of rotatable bonds is 9. The molecule has 13 heteroatoms. The van der Waals surface area contributed by atoms with Crippen LogP contribution in [-0.4, -0.2) is 73.6 Å². The Morgan fingerprint density at radius 1 is 0.886 bits per heavy atom. The second-order valence-corrected chi connectivity index (χ2v) is 7.89. The van der Waals surface area contributed by atoms with E-state index in [1.54, 1.807) is 24.3 Å². The summed E-state index contributed by atoms with van der Waals surface area (Å²) in [6, 6.07) is 4.95. The highest BCUT2D eigenvalue weighted by atomic mass is 35.5. The van der Waals surface area contributed by atoms with Crippen LogP contribution >= 0.6 is 11.6 Å².